The minimum absolute atomic E-state index is 0.282. The molecule has 2 nitrogen and oxygen atoms in total. The van der Waals surface area contributed by atoms with Crippen LogP contribution in [0.15, 0.2) is 53.4 Å². The molecule has 0 saturated carbocycles. The predicted molar refractivity (Wildman–Crippen MR) is 78.2 cm³/mol. The first-order valence-electron chi connectivity index (χ1n) is 5.95. The summed E-state index contributed by atoms with van der Waals surface area (Å²) in [6.07, 6.45) is 3.91. The van der Waals surface area contributed by atoms with Crippen molar-refractivity contribution < 1.29 is 9.53 Å². The third kappa shape index (κ3) is 2.29. The number of rotatable bonds is 2. The maximum absolute atomic E-state index is 11.9. The molecule has 0 atom stereocenters. The summed E-state index contributed by atoms with van der Waals surface area (Å²) in [5.41, 5.74) is 2.48. The van der Waals surface area contributed by atoms with Crippen molar-refractivity contribution in [2.45, 2.75) is 4.90 Å². The number of ether oxygens (including phenoxy) is 1. The molecule has 0 radical (unpaired) electrons. The van der Waals surface area contributed by atoms with Crippen molar-refractivity contribution in [3.63, 3.8) is 0 Å². The molecule has 2 aromatic rings. The molecule has 0 unspecified atom stereocenters. The van der Waals surface area contributed by atoms with Gasteiger partial charge in [0.1, 0.15) is 5.75 Å². The lowest BCUT2D eigenvalue weighted by atomic mass is 10.0. The molecule has 0 saturated heterocycles. The van der Waals surface area contributed by atoms with Crippen LogP contribution < -0.4 is 4.74 Å². The quantitative estimate of drug-likeness (QED) is 0.358. The lowest BCUT2D eigenvalue weighted by Crippen LogP contribution is -2.00. The van der Waals surface area contributed by atoms with Gasteiger partial charge in [-0.15, -0.1) is 11.8 Å². The molecular formula is C16H12O2S. The van der Waals surface area contributed by atoms with Gasteiger partial charge in [0.15, 0.2) is 0 Å². The van der Waals surface area contributed by atoms with Gasteiger partial charge in [-0.25, -0.2) is 4.79 Å². The van der Waals surface area contributed by atoms with Gasteiger partial charge in [-0.05, 0) is 36.1 Å². The Morgan fingerprint density at radius 3 is 2.53 bits per heavy atom. The fraction of sp³-hybridized carbons (Fsp3) is 0.0625. The van der Waals surface area contributed by atoms with E-state index in [2.05, 4.69) is 0 Å². The Labute approximate surface area is 116 Å². The Morgan fingerprint density at radius 1 is 1.05 bits per heavy atom. The molecule has 0 amide bonds. The second-order valence-corrected chi connectivity index (χ2v) is 5.10. The smallest absolute Gasteiger partial charge is 0.344 e. The molecule has 0 spiro atoms. The van der Waals surface area contributed by atoms with Crippen molar-refractivity contribution in [1.82, 2.24) is 0 Å². The number of carbonyl (C=O) groups excluding carboxylic acids is 1. The second-order valence-electron chi connectivity index (χ2n) is 4.22. The van der Waals surface area contributed by atoms with Gasteiger partial charge in [-0.3, -0.25) is 0 Å². The van der Waals surface area contributed by atoms with E-state index < -0.39 is 0 Å². The number of hydrogen-bond acceptors (Lipinski definition) is 3. The van der Waals surface area contributed by atoms with Crippen LogP contribution in [0.2, 0.25) is 0 Å². The van der Waals surface area contributed by atoms with Crippen molar-refractivity contribution in [3.05, 3.63) is 59.7 Å². The number of para-hydroxylation sites is 1. The van der Waals surface area contributed by atoms with Gasteiger partial charge < -0.3 is 4.74 Å². The van der Waals surface area contributed by atoms with Crippen LogP contribution in [0.1, 0.15) is 11.1 Å². The van der Waals surface area contributed by atoms with Crippen molar-refractivity contribution in [1.29, 1.82) is 0 Å². The Bertz CT molecular complexity index is 657. The Kier molecular flexibility index (Phi) is 3.13. The van der Waals surface area contributed by atoms with Crippen molar-refractivity contribution in [2.24, 2.45) is 0 Å². The highest BCUT2D eigenvalue weighted by molar-refractivity contribution is 7.98. The fourth-order valence-electron chi connectivity index (χ4n) is 2.05. The van der Waals surface area contributed by atoms with Crippen LogP contribution in [0.5, 0.6) is 5.75 Å². The summed E-state index contributed by atoms with van der Waals surface area (Å²) in [5, 5.41) is 0. The minimum atomic E-state index is -0.282. The van der Waals surface area contributed by atoms with Gasteiger partial charge in [-0.2, -0.15) is 0 Å². The molecule has 2 aromatic carbocycles. The fourth-order valence-corrected chi connectivity index (χ4v) is 2.45. The Balaban J connectivity index is 2.01. The number of thioether (sulfide) groups is 1. The summed E-state index contributed by atoms with van der Waals surface area (Å²) in [6, 6.07) is 15.6. The van der Waals surface area contributed by atoms with E-state index in [0.717, 1.165) is 11.1 Å². The maximum atomic E-state index is 11.9. The molecule has 3 rings (SSSR count). The zero-order valence-corrected chi connectivity index (χ0v) is 11.2. The molecule has 0 aromatic heterocycles. The highest BCUT2D eigenvalue weighted by Crippen LogP contribution is 2.35. The Hall–Kier alpha value is -2.00. The van der Waals surface area contributed by atoms with E-state index >= 15 is 0 Å². The summed E-state index contributed by atoms with van der Waals surface area (Å²) < 4.78 is 5.23. The molecular weight excluding hydrogens is 256 g/mol. The van der Waals surface area contributed by atoms with E-state index in [1.807, 2.05) is 60.9 Å². The Morgan fingerprint density at radius 2 is 1.79 bits per heavy atom. The predicted octanol–water partition coefficient (Wildman–Crippen LogP) is 3.87. The number of carbonyl (C=O) groups is 1. The number of hydrogen-bond donors (Lipinski definition) is 0. The van der Waals surface area contributed by atoms with Gasteiger partial charge in [0.2, 0.25) is 0 Å². The first kappa shape index (κ1) is 12.1. The summed E-state index contributed by atoms with van der Waals surface area (Å²) >= 11 is 1.70. The zero-order chi connectivity index (χ0) is 13.2. The molecule has 0 N–H and O–H groups in total. The van der Waals surface area contributed by atoms with Gasteiger partial charge in [0, 0.05) is 10.5 Å². The zero-order valence-electron chi connectivity index (χ0n) is 10.4. The van der Waals surface area contributed by atoms with Gasteiger partial charge in [-0.1, -0.05) is 30.3 Å². The van der Waals surface area contributed by atoms with E-state index in [0.29, 0.717) is 11.3 Å². The second kappa shape index (κ2) is 4.94. The van der Waals surface area contributed by atoms with Gasteiger partial charge in [0.05, 0.1) is 5.57 Å². The van der Waals surface area contributed by atoms with E-state index in [4.69, 9.17) is 4.74 Å². The standard InChI is InChI=1S/C16H12O2S/c1-19-12-8-6-11(7-9-12)10-14-13-4-2-3-5-15(13)18-16(14)17/h2-10H,1H3. The average molecular weight is 268 g/mol. The molecule has 1 heterocycles. The van der Waals surface area contributed by atoms with Crippen LogP contribution in [0.25, 0.3) is 11.6 Å². The lowest BCUT2D eigenvalue weighted by Gasteiger charge is -1.99. The number of benzene rings is 2. The van der Waals surface area contributed by atoms with Crippen molar-refractivity contribution in [3.8, 4) is 5.75 Å². The van der Waals surface area contributed by atoms with E-state index in [-0.39, 0.29) is 5.97 Å². The number of esters is 1. The number of fused-ring (bicyclic) bond motifs is 1. The largest absolute Gasteiger partial charge is 0.422 e. The summed E-state index contributed by atoms with van der Waals surface area (Å²) in [7, 11) is 0. The summed E-state index contributed by atoms with van der Waals surface area (Å²) in [4.78, 5) is 13.1. The lowest BCUT2D eigenvalue weighted by molar-refractivity contribution is -0.126. The summed E-state index contributed by atoms with van der Waals surface area (Å²) in [6.45, 7) is 0. The molecule has 1 aliphatic heterocycles. The topological polar surface area (TPSA) is 26.3 Å². The normalized spacial score (nSPS) is 15.4. The third-order valence-corrected chi connectivity index (χ3v) is 3.77. The van der Waals surface area contributed by atoms with E-state index in [1.165, 1.54) is 4.90 Å². The van der Waals surface area contributed by atoms with E-state index in [9.17, 15) is 4.79 Å². The van der Waals surface area contributed by atoms with Crippen LogP contribution in [0.3, 0.4) is 0 Å². The first-order chi connectivity index (χ1) is 9.28. The first-order valence-corrected chi connectivity index (χ1v) is 7.18. The third-order valence-electron chi connectivity index (χ3n) is 3.03. The van der Waals surface area contributed by atoms with Crippen molar-refractivity contribution in [2.75, 3.05) is 6.26 Å². The van der Waals surface area contributed by atoms with Crippen LogP contribution in [0.4, 0.5) is 0 Å². The molecule has 0 fully saturated rings. The molecule has 19 heavy (non-hydrogen) atoms. The molecule has 1 aliphatic rings. The minimum Gasteiger partial charge on any atom is -0.422 e. The highest BCUT2D eigenvalue weighted by Gasteiger charge is 2.25. The molecule has 3 heteroatoms. The van der Waals surface area contributed by atoms with E-state index in [1.54, 1.807) is 11.8 Å². The van der Waals surface area contributed by atoms with Gasteiger partial charge >= 0.3 is 5.97 Å². The summed E-state index contributed by atoms with van der Waals surface area (Å²) in [5.74, 6) is 0.356. The monoisotopic (exact) mass is 268 g/mol. The van der Waals surface area contributed by atoms with Crippen LogP contribution in [-0.4, -0.2) is 12.2 Å². The average Bonchev–Trinajstić information content (AvgIpc) is 2.76. The highest BCUT2D eigenvalue weighted by atomic mass is 32.2. The molecule has 0 aliphatic carbocycles. The molecule has 94 valence electrons. The molecule has 0 bridgehead atoms. The van der Waals surface area contributed by atoms with Crippen LogP contribution in [-0.2, 0) is 4.79 Å². The maximum Gasteiger partial charge on any atom is 0.344 e. The van der Waals surface area contributed by atoms with Crippen LogP contribution in [0, 0.1) is 0 Å². The van der Waals surface area contributed by atoms with Gasteiger partial charge in [0.25, 0.3) is 0 Å². The van der Waals surface area contributed by atoms with Crippen LogP contribution >= 0.6 is 11.8 Å². The van der Waals surface area contributed by atoms with Crippen molar-refractivity contribution >= 4 is 29.4 Å². The SMILES string of the molecule is CSc1ccc(C=C2C(=O)Oc3ccccc32)cc1.